The summed E-state index contributed by atoms with van der Waals surface area (Å²) < 4.78 is 5.76. The highest BCUT2D eigenvalue weighted by molar-refractivity contribution is 5.97. The molecule has 25 heavy (non-hydrogen) atoms. The number of ether oxygens (including phenoxy) is 1. The van der Waals surface area contributed by atoms with Crippen molar-refractivity contribution in [2.45, 2.75) is 32.3 Å². The van der Waals surface area contributed by atoms with E-state index >= 15 is 0 Å². The molecule has 0 aliphatic carbocycles. The van der Waals surface area contributed by atoms with Crippen LogP contribution in [0.1, 0.15) is 36.5 Å². The Morgan fingerprint density at radius 2 is 2.08 bits per heavy atom. The van der Waals surface area contributed by atoms with E-state index in [1.54, 1.807) is 18.3 Å². The molecule has 2 amide bonds. The van der Waals surface area contributed by atoms with Crippen molar-refractivity contribution in [3.8, 4) is 0 Å². The number of rotatable bonds is 4. The van der Waals surface area contributed by atoms with E-state index in [0.29, 0.717) is 37.6 Å². The first-order chi connectivity index (χ1) is 12.1. The molecule has 3 rings (SSSR count). The van der Waals surface area contributed by atoms with Gasteiger partial charge in [0.2, 0.25) is 5.91 Å². The quantitative estimate of drug-likeness (QED) is 0.880. The fourth-order valence-electron chi connectivity index (χ4n) is 3.74. The number of anilines is 1. The number of nitrogens with zero attached hydrogens (tertiary/aromatic N) is 3. The molecule has 0 unspecified atom stereocenters. The van der Waals surface area contributed by atoms with Gasteiger partial charge in [-0.3, -0.25) is 9.59 Å². The molecular formula is C18H26N4O3. The van der Waals surface area contributed by atoms with Crippen LogP contribution in [0.2, 0.25) is 0 Å². The van der Waals surface area contributed by atoms with Gasteiger partial charge in [0.1, 0.15) is 5.82 Å². The molecule has 7 heteroatoms. The third-order valence-corrected chi connectivity index (χ3v) is 5.10. The van der Waals surface area contributed by atoms with Gasteiger partial charge in [0.05, 0.1) is 17.6 Å². The first kappa shape index (κ1) is 17.7. The van der Waals surface area contributed by atoms with Crippen LogP contribution in [0.5, 0.6) is 0 Å². The lowest BCUT2D eigenvalue weighted by atomic mass is 9.91. The van der Waals surface area contributed by atoms with Crippen molar-refractivity contribution in [3.05, 3.63) is 23.9 Å². The SMILES string of the molecule is CC[C@@H]1OCCC[C@H]1C(=O)N1CCN(c2ncccc2C(N)=O)CC1. The van der Waals surface area contributed by atoms with Crippen molar-refractivity contribution in [2.24, 2.45) is 11.7 Å². The maximum atomic E-state index is 12.9. The number of hydrogen-bond acceptors (Lipinski definition) is 5. The maximum Gasteiger partial charge on any atom is 0.252 e. The minimum Gasteiger partial charge on any atom is -0.377 e. The van der Waals surface area contributed by atoms with Crippen LogP contribution < -0.4 is 10.6 Å². The standard InChI is InChI=1S/C18H26N4O3/c1-2-15-13(6-4-12-25-15)18(24)22-10-8-21(9-11-22)17-14(16(19)23)5-3-7-20-17/h3,5,7,13,15H,2,4,6,8-12H2,1H3,(H2,19,23)/t13-,15+/m1/s1. The van der Waals surface area contributed by atoms with E-state index < -0.39 is 5.91 Å². The molecule has 7 nitrogen and oxygen atoms in total. The van der Waals surface area contributed by atoms with E-state index in [-0.39, 0.29) is 17.9 Å². The van der Waals surface area contributed by atoms with Gasteiger partial charge in [0, 0.05) is 39.0 Å². The smallest absolute Gasteiger partial charge is 0.252 e. The number of carbonyl (C=O) groups excluding carboxylic acids is 2. The molecule has 0 radical (unpaired) electrons. The molecular weight excluding hydrogens is 320 g/mol. The Kier molecular flexibility index (Phi) is 5.53. The minimum atomic E-state index is -0.480. The van der Waals surface area contributed by atoms with E-state index in [1.165, 1.54) is 0 Å². The third-order valence-electron chi connectivity index (χ3n) is 5.10. The first-order valence-corrected chi connectivity index (χ1v) is 9.02. The number of amides is 2. The van der Waals surface area contributed by atoms with Gasteiger partial charge in [-0.15, -0.1) is 0 Å². The summed E-state index contributed by atoms with van der Waals surface area (Å²) in [5, 5.41) is 0. The van der Waals surface area contributed by atoms with Gasteiger partial charge in [-0.1, -0.05) is 6.92 Å². The van der Waals surface area contributed by atoms with Crippen molar-refractivity contribution in [3.63, 3.8) is 0 Å². The summed E-state index contributed by atoms with van der Waals surface area (Å²) in [5.41, 5.74) is 5.87. The summed E-state index contributed by atoms with van der Waals surface area (Å²) in [4.78, 5) is 32.7. The Morgan fingerprint density at radius 1 is 1.32 bits per heavy atom. The fraction of sp³-hybridized carbons (Fsp3) is 0.611. The number of primary amides is 1. The second-order valence-electron chi connectivity index (χ2n) is 6.62. The number of carbonyl (C=O) groups is 2. The van der Waals surface area contributed by atoms with E-state index in [4.69, 9.17) is 10.5 Å². The highest BCUT2D eigenvalue weighted by atomic mass is 16.5. The van der Waals surface area contributed by atoms with E-state index in [9.17, 15) is 9.59 Å². The van der Waals surface area contributed by atoms with Gasteiger partial charge in [-0.05, 0) is 31.4 Å². The van der Waals surface area contributed by atoms with Crippen molar-refractivity contribution in [2.75, 3.05) is 37.7 Å². The Morgan fingerprint density at radius 3 is 2.76 bits per heavy atom. The summed E-state index contributed by atoms with van der Waals surface area (Å²) in [6.07, 6.45) is 4.42. The highest BCUT2D eigenvalue weighted by Gasteiger charge is 2.35. The molecule has 2 aliphatic rings. The third kappa shape index (κ3) is 3.76. The van der Waals surface area contributed by atoms with Gasteiger partial charge < -0.3 is 20.3 Å². The minimum absolute atomic E-state index is 0.0265. The largest absolute Gasteiger partial charge is 0.377 e. The van der Waals surface area contributed by atoms with Crippen LogP contribution in [0.3, 0.4) is 0 Å². The topological polar surface area (TPSA) is 88.8 Å². The normalized spacial score (nSPS) is 24.2. The van der Waals surface area contributed by atoms with Crippen LogP contribution in [-0.2, 0) is 9.53 Å². The molecule has 2 N–H and O–H groups in total. The van der Waals surface area contributed by atoms with Gasteiger partial charge in [0.25, 0.3) is 5.91 Å². The second-order valence-corrected chi connectivity index (χ2v) is 6.62. The first-order valence-electron chi connectivity index (χ1n) is 9.02. The van der Waals surface area contributed by atoms with E-state index in [2.05, 4.69) is 11.9 Å². The zero-order chi connectivity index (χ0) is 17.8. The Labute approximate surface area is 148 Å². The molecule has 1 aromatic rings. The van der Waals surface area contributed by atoms with Gasteiger partial charge >= 0.3 is 0 Å². The zero-order valence-corrected chi connectivity index (χ0v) is 14.7. The average Bonchev–Trinajstić information content (AvgIpc) is 2.67. The number of hydrogen-bond donors (Lipinski definition) is 1. The monoisotopic (exact) mass is 346 g/mol. The fourth-order valence-corrected chi connectivity index (χ4v) is 3.74. The molecule has 0 spiro atoms. The molecule has 2 saturated heterocycles. The number of aromatic nitrogens is 1. The van der Waals surface area contributed by atoms with Gasteiger partial charge in [0.15, 0.2) is 0 Å². The average molecular weight is 346 g/mol. The molecule has 0 bridgehead atoms. The lowest BCUT2D eigenvalue weighted by Gasteiger charge is -2.39. The van der Waals surface area contributed by atoms with Crippen molar-refractivity contribution in [1.29, 1.82) is 0 Å². The van der Waals surface area contributed by atoms with E-state index in [0.717, 1.165) is 25.9 Å². The molecule has 3 heterocycles. The highest BCUT2D eigenvalue weighted by Crippen LogP contribution is 2.26. The molecule has 0 saturated carbocycles. The Hall–Kier alpha value is -2.15. The second kappa shape index (κ2) is 7.82. The van der Waals surface area contributed by atoms with Crippen molar-refractivity contribution in [1.82, 2.24) is 9.88 Å². The molecule has 0 aromatic carbocycles. The summed E-state index contributed by atoms with van der Waals surface area (Å²) in [6.45, 7) is 5.37. The predicted molar refractivity (Wildman–Crippen MR) is 94.3 cm³/mol. The summed E-state index contributed by atoms with van der Waals surface area (Å²) >= 11 is 0. The summed E-state index contributed by atoms with van der Waals surface area (Å²) in [5.74, 6) is 0.296. The molecule has 1 aromatic heterocycles. The van der Waals surface area contributed by atoms with Crippen LogP contribution in [-0.4, -0.2) is 60.6 Å². The molecule has 2 aliphatic heterocycles. The van der Waals surface area contributed by atoms with Crippen LogP contribution in [0.15, 0.2) is 18.3 Å². The van der Waals surface area contributed by atoms with E-state index in [1.807, 2.05) is 9.80 Å². The maximum absolute atomic E-state index is 12.9. The lowest BCUT2D eigenvalue weighted by molar-refractivity contribution is -0.145. The van der Waals surface area contributed by atoms with Gasteiger partial charge in [-0.2, -0.15) is 0 Å². The van der Waals surface area contributed by atoms with Crippen molar-refractivity contribution >= 4 is 17.6 Å². The Balaban J connectivity index is 1.64. The number of pyridine rings is 1. The molecule has 136 valence electrons. The lowest BCUT2D eigenvalue weighted by Crippen LogP contribution is -2.53. The predicted octanol–water partition coefficient (Wildman–Crippen LogP) is 1.03. The molecule has 2 atom stereocenters. The Bertz CT molecular complexity index is 629. The summed E-state index contributed by atoms with van der Waals surface area (Å²) in [6, 6.07) is 3.39. The number of nitrogens with two attached hydrogens (primary N) is 1. The van der Waals surface area contributed by atoms with Crippen LogP contribution in [0.4, 0.5) is 5.82 Å². The zero-order valence-electron chi connectivity index (χ0n) is 14.7. The summed E-state index contributed by atoms with van der Waals surface area (Å²) in [7, 11) is 0. The van der Waals surface area contributed by atoms with Gasteiger partial charge in [-0.25, -0.2) is 4.98 Å². The van der Waals surface area contributed by atoms with Crippen LogP contribution in [0.25, 0.3) is 0 Å². The number of piperazine rings is 1. The van der Waals surface area contributed by atoms with Crippen LogP contribution in [0, 0.1) is 5.92 Å². The van der Waals surface area contributed by atoms with Crippen LogP contribution >= 0.6 is 0 Å². The van der Waals surface area contributed by atoms with Crippen molar-refractivity contribution < 1.29 is 14.3 Å². The molecule has 2 fully saturated rings.